The standard InChI is InChI=1S/C24H24F5N3O4/c1-11-17(14-6-7-15(25)18(26)19(14)35-13-4-3-5-13)20(36-23(11,2)24(27,28)29)22(34)32-12-8-9-31-16(10-12)21(30)33/h6-11,13,17,20H,3-5H2,1-2H3,(H2,30,33)(H,31,32,34)/t11-,17+,20-,23-/m1/s1. The number of anilines is 1. The molecule has 12 heteroatoms. The summed E-state index contributed by atoms with van der Waals surface area (Å²) in [6.45, 7) is 2.04. The predicted molar refractivity (Wildman–Crippen MR) is 117 cm³/mol. The lowest BCUT2D eigenvalue weighted by Gasteiger charge is -2.32. The summed E-state index contributed by atoms with van der Waals surface area (Å²) in [5.74, 6) is -7.69. The Kier molecular flexibility index (Phi) is 6.67. The highest BCUT2D eigenvalue weighted by Crippen LogP contribution is 2.55. The maximum absolute atomic E-state index is 14.9. The summed E-state index contributed by atoms with van der Waals surface area (Å²) in [4.78, 5) is 28.4. The van der Waals surface area contributed by atoms with E-state index in [-0.39, 0.29) is 16.9 Å². The molecule has 0 radical (unpaired) electrons. The number of aromatic nitrogens is 1. The number of halogens is 5. The third-order valence-corrected chi connectivity index (χ3v) is 6.98. The van der Waals surface area contributed by atoms with Crippen molar-refractivity contribution in [2.75, 3.05) is 5.32 Å². The van der Waals surface area contributed by atoms with Crippen molar-refractivity contribution in [3.63, 3.8) is 0 Å². The van der Waals surface area contributed by atoms with Gasteiger partial charge in [0, 0.05) is 29.3 Å². The molecule has 2 fully saturated rings. The van der Waals surface area contributed by atoms with E-state index in [2.05, 4.69) is 10.3 Å². The molecule has 1 aliphatic carbocycles. The molecule has 194 valence electrons. The number of rotatable bonds is 6. The van der Waals surface area contributed by atoms with E-state index in [9.17, 15) is 31.5 Å². The third kappa shape index (κ3) is 4.49. The minimum atomic E-state index is -4.89. The molecule has 3 N–H and O–H groups in total. The maximum atomic E-state index is 14.9. The van der Waals surface area contributed by atoms with Gasteiger partial charge < -0.3 is 20.5 Å². The van der Waals surface area contributed by atoms with E-state index in [1.54, 1.807) is 0 Å². The number of hydrogen-bond donors (Lipinski definition) is 2. The number of carbonyl (C=O) groups excluding carboxylic acids is 2. The van der Waals surface area contributed by atoms with Crippen molar-refractivity contribution in [3.05, 3.63) is 53.4 Å². The zero-order valence-electron chi connectivity index (χ0n) is 19.4. The minimum Gasteiger partial charge on any atom is -0.487 e. The number of carbonyl (C=O) groups is 2. The van der Waals surface area contributed by atoms with Crippen LogP contribution in [0.5, 0.6) is 5.75 Å². The number of ether oxygens (including phenoxy) is 2. The first-order valence-corrected chi connectivity index (χ1v) is 11.3. The lowest BCUT2D eigenvalue weighted by Crippen LogP contribution is -2.47. The number of nitrogens with two attached hydrogens (primary N) is 1. The fourth-order valence-corrected chi connectivity index (χ4v) is 4.46. The van der Waals surface area contributed by atoms with Crippen molar-refractivity contribution < 1.29 is 41.0 Å². The molecule has 2 aliphatic rings. The monoisotopic (exact) mass is 513 g/mol. The second-order valence-corrected chi connectivity index (χ2v) is 9.19. The molecule has 2 aromatic rings. The van der Waals surface area contributed by atoms with Crippen molar-refractivity contribution in [3.8, 4) is 5.75 Å². The Hall–Kier alpha value is -3.28. The number of benzene rings is 1. The van der Waals surface area contributed by atoms with E-state index in [1.165, 1.54) is 19.2 Å². The third-order valence-electron chi connectivity index (χ3n) is 6.98. The first-order chi connectivity index (χ1) is 16.8. The fourth-order valence-electron chi connectivity index (χ4n) is 4.46. The van der Waals surface area contributed by atoms with Gasteiger partial charge in [0.1, 0.15) is 11.8 Å². The van der Waals surface area contributed by atoms with Crippen LogP contribution in [-0.4, -0.2) is 40.8 Å². The smallest absolute Gasteiger partial charge is 0.417 e. The summed E-state index contributed by atoms with van der Waals surface area (Å²) in [5.41, 5.74) is 2.16. The van der Waals surface area contributed by atoms with Gasteiger partial charge >= 0.3 is 6.18 Å². The average Bonchev–Trinajstić information content (AvgIpc) is 3.05. The lowest BCUT2D eigenvalue weighted by atomic mass is 9.76. The van der Waals surface area contributed by atoms with Gasteiger partial charge in [0.15, 0.2) is 17.2 Å². The molecule has 0 unspecified atom stereocenters. The van der Waals surface area contributed by atoms with Gasteiger partial charge in [-0.2, -0.15) is 17.6 Å². The number of alkyl halides is 3. The summed E-state index contributed by atoms with van der Waals surface area (Å²) in [7, 11) is 0. The molecule has 0 spiro atoms. The largest absolute Gasteiger partial charge is 0.487 e. The SMILES string of the molecule is C[C@@H]1[C@@H](c2ccc(F)c(F)c2OC2CCC2)[C@H](C(=O)Nc2ccnc(C(N)=O)c2)O[C@@]1(C)C(F)(F)F. The van der Waals surface area contributed by atoms with Crippen molar-refractivity contribution in [2.24, 2.45) is 11.7 Å². The summed E-state index contributed by atoms with van der Waals surface area (Å²) in [5, 5.41) is 2.41. The van der Waals surface area contributed by atoms with Crippen LogP contribution in [0.1, 0.15) is 55.1 Å². The molecule has 1 aromatic heterocycles. The fraction of sp³-hybridized carbons (Fsp3) is 0.458. The molecular formula is C24H24F5N3O4. The van der Waals surface area contributed by atoms with E-state index in [4.69, 9.17) is 15.2 Å². The molecular weight excluding hydrogens is 489 g/mol. The number of pyridine rings is 1. The molecule has 2 amide bonds. The number of amides is 2. The van der Waals surface area contributed by atoms with Gasteiger partial charge in [-0.05, 0) is 44.4 Å². The normalized spacial score (nSPS) is 26.4. The molecule has 4 atom stereocenters. The molecule has 7 nitrogen and oxygen atoms in total. The molecule has 1 saturated carbocycles. The average molecular weight is 513 g/mol. The van der Waals surface area contributed by atoms with E-state index in [1.807, 2.05) is 0 Å². The van der Waals surface area contributed by atoms with Crippen LogP contribution in [0.25, 0.3) is 0 Å². The van der Waals surface area contributed by atoms with Crippen LogP contribution in [0.4, 0.5) is 27.6 Å². The summed E-state index contributed by atoms with van der Waals surface area (Å²) >= 11 is 0. The number of nitrogens with one attached hydrogen (secondary N) is 1. The van der Waals surface area contributed by atoms with Crippen LogP contribution in [0, 0.1) is 17.6 Å². The molecule has 1 saturated heterocycles. The van der Waals surface area contributed by atoms with E-state index < -0.39 is 65.0 Å². The highest BCUT2D eigenvalue weighted by molar-refractivity contribution is 5.97. The van der Waals surface area contributed by atoms with Gasteiger partial charge in [-0.1, -0.05) is 13.0 Å². The molecule has 0 bridgehead atoms. The number of hydrogen-bond acceptors (Lipinski definition) is 5. The predicted octanol–water partition coefficient (Wildman–Crippen LogP) is 4.47. The number of primary amides is 1. The van der Waals surface area contributed by atoms with E-state index >= 15 is 0 Å². The van der Waals surface area contributed by atoms with Crippen molar-refractivity contribution in [1.29, 1.82) is 0 Å². The Balaban J connectivity index is 1.76. The van der Waals surface area contributed by atoms with Gasteiger partial charge in [-0.15, -0.1) is 0 Å². The highest BCUT2D eigenvalue weighted by atomic mass is 19.4. The Bertz CT molecular complexity index is 1190. The number of nitrogens with zero attached hydrogens (tertiary/aromatic N) is 1. The van der Waals surface area contributed by atoms with Gasteiger partial charge in [0.05, 0.1) is 6.10 Å². The summed E-state index contributed by atoms with van der Waals surface area (Å²) < 4.78 is 82.4. The minimum absolute atomic E-state index is 0.0376. The van der Waals surface area contributed by atoms with Crippen LogP contribution in [0.15, 0.2) is 30.5 Å². The van der Waals surface area contributed by atoms with Crippen LogP contribution in [0.2, 0.25) is 0 Å². The summed E-state index contributed by atoms with van der Waals surface area (Å²) in [6, 6.07) is 4.37. The zero-order chi connectivity index (χ0) is 26.4. The molecule has 1 aliphatic heterocycles. The van der Waals surface area contributed by atoms with Crippen LogP contribution < -0.4 is 15.8 Å². The lowest BCUT2D eigenvalue weighted by molar-refractivity contribution is -0.272. The Labute approximate surface area is 203 Å². The second kappa shape index (κ2) is 9.30. The Morgan fingerprint density at radius 3 is 2.50 bits per heavy atom. The molecule has 2 heterocycles. The van der Waals surface area contributed by atoms with Crippen LogP contribution in [-0.2, 0) is 9.53 Å². The van der Waals surface area contributed by atoms with E-state index in [0.29, 0.717) is 12.8 Å². The first kappa shape index (κ1) is 25.8. The summed E-state index contributed by atoms with van der Waals surface area (Å²) in [6.07, 6.45) is -3.89. The van der Waals surface area contributed by atoms with Gasteiger partial charge in [-0.3, -0.25) is 14.6 Å². The van der Waals surface area contributed by atoms with Crippen molar-refractivity contribution in [2.45, 2.75) is 63.0 Å². The van der Waals surface area contributed by atoms with Gasteiger partial charge in [0.25, 0.3) is 11.8 Å². The van der Waals surface area contributed by atoms with Gasteiger partial charge in [-0.25, -0.2) is 4.39 Å². The zero-order valence-corrected chi connectivity index (χ0v) is 19.4. The van der Waals surface area contributed by atoms with Crippen molar-refractivity contribution in [1.82, 2.24) is 4.98 Å². The first-order valence-electron chi connectivity index (χ1n) is 11.3. The van der Waals surface area contributed by atoms with Gasteiger partial charge in [0.2, 0.25) is 5.82 Å². The molecule has 1 aromatic carbocycles. The quantitative estimate of drug-likeness (QED) is 0.555. The Morgan fingerprint density at radius 1 is 1.22 bits per heavy atom. The Morgan fingerprint density at radius 2 is 1.92 bits per heavy atom. The molecule has 36 heavy (non-hydrogen) atoms. The molecule has 4 rings (SSSR count). The van der Waals surface area contributed by atoms with E-state index in [0.717, 1.165) is 31.5 Å². The second-order valence-electron chi connectivity index (χ2n) is 9.19. The topological polar surface area (TPSA) is 104 Å². The van der Waals surface area contributed by atoms with Crippen molar-refractivity contribution >= 4 is 17.5 Å². The highest BCUT2D eigenvalue weighted by Gasteiger charge is 2.66. The van der Waals surface area contributed by atoms with Crippen LogP contribution >= 0.6 is 0 Å². The maximum Gasteiger partial charge on any atom is 0.417 e. The van der Waals surface area contributed by atoms with Crippen LogP contribution in [0.3, 0.4) is 0 Å².